The zero-order valence-electron chi connectivity index (χ0n) is 8.99. The molecule has 1 amide bonds. The van der Waals surface area contributed by atoms with Crippen molar-refractivity contribution in [3.8, 4) is 0 Å². The summed E-state index contributed by atoms with van der Waals surface area (Å²) in [4.78, 5) is 22.7. The number of benzene rings is 1. The van der Waals surface area contributed by atoms with Crippen molar-refractivity contribution in [3.63, 3.8) is 0 Å². The molecule has 0 aliphatic rings. The van der Waals surface area contributed by atoms with Crippen molar-refractivity contribution in [3.05, 3.63) is 28.7 Å². The van der Waals surface area contributed by atoms with Crippen LogP contribution in [0.5, 0.6) is 0 Å². The molecule has 0 aliphatic carbocycles. The number of hydrogen-bond acceptors (Lipinski definition) is 3. The minimum absolute atomic E-state index is 0.380. The van der Waals surface area contributed by atoms with Crippen LogP contribution in [0.3, 0.4) is 0 Å². The summed E-state index contributed by atoms with van der Waals surface area (Å²) in [6.07, 6.45) is 0. The van der Waals surface area contributed by atoms with E-state index in [1.165, 1.54) is 14.0 Å². The first-order chi connectivity index (χ1) is 7.54. The van der Waals surface area contributed by atoms with Crippen molar-refractivity contribution in [2.45, 2.75) is 6.92 Å². The SMILES string of the molecule is COC(=O)C(C)C(=O)Nc1ccc(Br)cc1. The van der Waals surface area contributed by atoms with E-state index >= 15 is 0 Å². The van der Waals surface area contributed by atoms with Crippen LogP contribution < -0.4 is 5.32 Å². The normalized spacial score (nSPS) is 11.7. The molecule has 0 heterocycles. The van der Waals surface area contributed by atoms with Gasteiger partial charge in [0.1, 0.15) is 5.92 Å². The highest BCUT2D eigenvalue weighted by Gasteiger charge is 2.21. The Morgan fingerprint density at radius 3 is 2.38 bits per heavy atom. The monoisotopic (exact) mass is 285 g/mol. The highest BCUT2D eigenvalue weighted by atomic mass is 79.9. The molecule has 16 heavy (non-hydrogen) atoms. The van der Waals surface area contributed by atoms with E-state index in [0.29, 0.717) is 5.69 Å². The summed E-state index contributed by atoms with van der Waals surface area (Å²) in [5.41, 5.74) is 0.643. The third kappa shape index (κ3) is 3.34. The molecule has 1 unspecified atom stereocenters. The molecule has 0 fully saturated rings. The average Bonchev–Trinajstić information content (AvgIpc) is 2.30. The van der Waals surface area contributed by atoms with Gasteiger partial charge >= 0.3 is 5.97 Å². The number of carbonyl (C=O) groups is 2. The quantitative estimate of drug-likeness (QED) is 0.684. The van der Waals surface area contributed by atoms with Crippen molar-refractivity contribution in [1.82, 2.24) is 0 Å². The summed E-state index contributed by atoms with van der Waals surface area (Å²) >= 11 is 3.29. The third-order valence-electron chi connectivity index (χ3n) is 2.06. The molecule has 1 aromatic carbocycles. The van der Waals surface area contributed by atoms with Gasteiger partial charge in [-0.05, 0) is 31.2 Å². The van der Waals surface area contributed by atoms with E-state index in [4.69, 9.17) is 0 Å². The topological polar surface area (TPSA) is 55.4 Å². The molecule has 1 aromatic rings. The molecule has 4 nitrogen and oxygen atoms in total. The number of nitrogens with one attached hydrogen (secondary N) is 1. The number of methoxy groups -OCH3 is 1. The molecule has 0 bridgehead atoms. The Labute approximate surface area is 102 Å². The van der Waals surface area contributed by atoms with E-state index < -0.39 is 11.9 Å². The fraction of sp³-hybridized carbons (Fsp3) is 0.273. The van der Waals surface area contributed by atoms with Gasteiger partial charge in [-0.1, -0.05) is 15.9 Å². The van der Waals surface area contributed by atoms with Crippen molar-refractivity contribution in [1.29, 1.82) is 0 Å². The Kier molecular flexibility index (Phi) is 4.49. The largest absolute Gasteiger partial charge is 0.468 e. The molecule has 86 valence electrons. The molecule has 0 saturated heterocycles. The van der Waals surface area contributed by atoms with Crippen LogP contribution in [0, 0.1) is 5.92 Å². The summed E-state index contributed by atoms with van der Waals surface area (Å²) in [6, 6.07) is 7.09. The van der Waals surface area contributed by atoms with Gasteiger partial charge in [0.05, 0.1) is 7.11 Å². The third-order valence-corrected chi connectivity index (χ3v) is 2.59. The second kappa shape index (κ2) is 5.65. The summed E-state index contributed by atoms with van der Waals surface area (Å²) < 4.78 is 5.41. The maximum atomic E-state index is 11.6. The number of rotatable bonds is 3. The Morgan fingerprint density at radius 1 is 1.31 bits per heavy atom. The van der Waals surface area contributed by atoms with Crippen molar-refractivity contribution < 1.29 is 14.3 Å². The van der Waals surface area contributed by atoms with Crippen molar-refractivity contribution >= 4 is 33.5 Å². The van der Waals surface area contributed by atoms with Gasteiger partial charge in [-0.25, -0.2) is 0 Å². The summed E-state index contributed by atoms with van der Waals surface area (Å²) in [5, 5.41) is 2.62. The molecule has 0 spiro atoms. The predicted molar refractivity (Wildman–Crippen MR) is 64.0 cm³/mol. The van der Waals surface area contributed by atoms with Gasteiger partial charge in [0.15, 0.2) is 0 Å². The van der Waals surface area contributed by atoms with Gasteiger partial charge in [0.2, 0.25) is 5.91 Å². The molecule has 5 heteroatoms. The number of esters is 1. The lowest BCUT2D eigenvalue weighted by Gasteiger charge is -2.10. The lowest BCUT2D eigenvalue weighted by atomic mass is 10.1. The second-order valence-electron chi connectivity index (χ2n) is 3.24. The zero-order valence-corrected chi connectivity index (χ0v) is 10.6. The van der Waals surface area contributed by atoms with Gasteiger partial charge in [0, 0.05) is 10.2 Å². The van der Waals surface area contributed by atoms with Gasteiger partial charge in [-0.3, -0.25) is 9.59 Å². The van der Waals surface area contributed by atoms with Crippen LogP contribution in [0.15, 0.2) is 28.7 Å². The molecule has 0 aromatic heterocycles. The van der Waals surface area contributed by atoms with E-state index in [1.807, 2.05) is 0 Å². The van der Waals surface area contributed by atoms with Crippen LogP contribution >= 0.6 is 15.9 Å². The number of amides is 1. The van der Waals surface area contributed by atoms with Crippen molar-refractivity contribution in [2.24, 2.45) is 5.92 Å². The first kappa shape index (κ1) is 12.7. The van der Waals surface area contributed by atoms with E-state index in [1.54, 1.807) is 24.3 Å². The van der Waals surface area contributed by atoms with Crippen LogP contribution in [-0.2, 0) is 14.3 Å². The summed E-state index contributed by atoms with van der Waals surface area (Å²) in [6.45, 7) is 1.50. The molecule has 0 aliphatic heterocycles. The lowest BCUT2D eigenvalue weighted by Crippen LogP contribution is -2.28. The Bertz CT molecular complexity index is 389. The Balaban J connectivity index is 2.64. The fourth-order valence-corrected chi connectivity index (χ4v) is 1.33. The van der Waals surface area contributed by atoms with E-state index in [9.17, 15) is 9.59 Å². The molecule has 0 radical (unpaired) electrons. The zero-order chi connectivity index (χ0) is 12.1. The first-order valence-corrected chi connectivity index (χ1v) is 5.48. The van der Waals surface area contributed by atoms with E-state index in [0.717, 1.165) is 4.47 Å². The highest BCUT2D eigenvalue weighted by Crippen LogP contribution is 2.15. The first-order valence-electron chi connectivity index (χ1n) is 4.69. The highest BCUT2D eigenvalue weighted by molar-refractivity contribution is 9.10. The molecular formula is C11H12BrNO3. The van der Waals surface area contributed by atoms with Gasteiger partial charge < -0.3 is 10.1 Å². The maximum Gasteiger partial charge on any atom is 0.317 e. The number of ether oxygens (including phenoxy) is 1. The Morgan fingerprint density at radius 2 is 1.88 bits per heavy atom. The standard InChI is InChI=1S/C11H12BrNO3/c1-7(11(15)16-2)10(14)13-9-5-3-8(12)4-6-9/h3-7H,1-2H3,(H,13,14). The predicted octanol–water partition coefficient (Wildman–Crippen LogP) is 2.20. The molecule has 1 N–H and O–H groups in total. The second-order valence-corrected chi connectivity index (χ2v) is 4.16. The summed E-state index contributed by atoms with van der Waals surface area (Å²) in [5.74, 6) is -1.74. The fourth-order valence-electron chi connectivity index (χ4n) is 1.07. The van der Waals surface area contributed by atoms with E-state index in [2.05, 4.69) is 26.0 Å². The minimum Gasteiger partial charge on any atom is -0.468 e. The van der Waals surface area contributed by atoms with Gasteiger partial charge in [0.25, 0.3) is 0 Å². The molecule has 1 atom stereocenters. The van der Waals surface area contributed by atoms with Crippen LogP contribution in [0.25, 0.3) is 0 Å². The lowest BCUT2D eigenvalue weighted by molar-refractivity contribution is -0.147. The van der Waals surface area contributed by atoms with Crippen LogP contribution in [0.1, 0.15) is 6.92 Å². The van der Waals surface area contributed by atoms with Crippen molar-refractivity contribution in [2.75, 3.05) is 12.4 Å². The maximum absolute atomic E-state index is 11.6. The smallest absolute Gasteiger partial charge is 0.317 e. The van der Waals surface area contributed by atoms with Gasteiger partial charge in [-0.2, -0.15) is 0 Å². The average molecular weight is 286 g/mol. The number of hydrogen-bond donors (Lipinski definition) is 1. The van der Waals surface area contributed by atoms with Crippen LogP contribution in [0.2, 0.25) is 0 Å². The summed E-state index contributed by atoms with van der Waals surface area (Å²) in [7, 11) is 1.26. The minimum atomic E-state index is -0.811. The Hall–Kier alpha value is -1.36. The molecule has 0 saturated carbocycles. The van der Waals surface area contributed by atoms with E-state index in [-0.39, 0.29) is 5.91 Å². The van der Waals surface area contributed by atoms with Crippen LogP contribution in [0.4, 0.5) is 5.69 Å². The number of anilines is 1. The van der Waals surface area contributed by atoms with Crippen LogP contribution in [-0.4, -0.2) is 19.0 Å². The van der Waals surface area contributed by atoms with Gasteiger partial charge in [-0.15, -0.1) is 0 Å². The number of halogens is 1. The molecule has 1 rings (SSSR count). The molecular weight excluding hydrogens is 274 g/mol. The number of carbonyl (C=O) groups excluding carboxylic acids is 2.